The molecule has 1 saturated heterocycles. The Morgan fingerprint density at radius 1 is 1.21 bits per heavy atom. The molecule has 0 unspecified atom stereocenters. The molecule has 1 N–H and O–H groups in total. The van der Waals surface area contributed by atoms with Crippen LogP contribution in [0.15, 0.2) is 30.3 Å². The minimum atomic E-state index is -2.39. The van der Waals surface area contributed by atoms with E-state index in [0.29, 0.717) is 18.7 Å². The van der Waals surface area contributed by atoms with Gasteiger partial charge in [0, 0.05) is 18.1 Å². The lowest BCUT2D eigenvalue weighted by Gasteiger charge is -2.19. The van der Waals surface area contributed by atoms with E-state index in [9.17, 15) is 4.91 Å². The van der Waals surface area contributed by atoms with Gasteiger partial charge in [0.25, 0.3) is 0 Å². The molecule has 0 aliphatic carbocycles. The highest BCUT2D eigenvalue weighted by molar-refractivity contribution is 6.74. The first kappa shape index (κ1) is 9.17. The normalized spacial score (nSPS) is 19.4. The zero-order valence-electron chi connectivity index (χ0n) is 7.50. The van der Waals surface area contributed by atoms with Gasteiger partial charge in [0.1, 0.15) is 0 Å². The van der Waals surface area contributed by atoms with Gasteiger partial charge in [-0.05, 0) is 0 Å². The van der Waals surface area contributed by atoms with Crippen LogP contribution in [-0.2, 0) is 9.31 Å². The molecule has 1 aromatic carbocycles. The van der Waals surface area contributed by atoms with Crippen molar-refractivity contribution in [1.29, 1.82) is 0 Å². The first-order valence-electron chi connectivity index (χ1n) is 4.39. The van der Waals surface area contributed by atoms with Crippen LogP contribution in [0.2, 0.25) is 0 Å². The van der Waals surface area contributed by atoms with Crippen LogP contribution in [0.1, 0.15) is 0 Å². The van der Waals surface area contributed by atoms with Gasteiger partial charge in [-0.3, -0.25) is 5.21 Å². The third kappa shape index (κ3) is 1.28. The molecule has 1 fully saturated rings. The van der Waals surface area contributed by atoms with Gasteiger partial charge in [-0.15, -0.1) is 0 Å². The molecular formula is C8H10BNO4. The largest absolute Gasteiger partial charge is 0.673 e. The number of hydrogen-bond acceptors (Lipinski definition) is 3. The maximum atomic E-state index is 11.0. The molecule has 0 atom stereocenters. The summed E-state index contributed by atoms with van der Waals surface area (Å²) in [6.07, 6.45) is 0. The molecule has 1 aliphatic heterocycles. The van der Waals surface area contributed by atoms with Gasteiger partial charge in [0.05, 0.1) is 4.83 Å². The average molecular weight is 195 g/mol. The van der Waals surface area contributed by atoms with E-state index in [-0.39, 0.29) is 4.83 Å². The fraction of sp³-hybridized carbons (Fsp3) is 0.250. The fourth-order valence-corrected chi connectivity index (χ4v) is 1.61. The van der Waals surface area contributed by atoms with Crippen molar-refractivity contribution in [2.45, 2.75) is 0 Å². The van der Waals surface area contributed by atoms with E-state index in [0.717, 1.165) is 0 Å². The second kappa shape index (κ2) is 3.40. The SMILES string of the molecule is O=[N+](O)[B-]1(c2ccccc2)OCCO1. The van der Waals surface area contributed by atoms with Crippen LogP contribution in [0.3, 0.4) is 0 Å². The highest BCUT2D eigenvalue weighted by Crippen LogP contribution is 2.13. The summed E-state index contributed by atoms with van der Waals surface area (Å²) < 4.78 is 10.4. The summed E-state index contributed by atoms with van der Waals surface area (Å²) in [5, 5.41) is 9.01. The Balaban J connectivity index is 2.42. The molecule has 1 aromatic rings. The van der Waals surface area contributed by atoms with E-state index < -0.39 is 6.69 Å². The predicted octanol–water partition coefficient (Wildman–Crippen LogP) is 0.0474. The summed E-state index contributed by atoms with van der Waals surface area (Å²) in [7, 11) is 0. The molecule has 0 saturated carbocycles. The molecule has 0 amide bonds. The number of nitrogens with zero attached hydrogens (tertiary/aromatic N) is 1. The van der Waals surface area contributed by atoms with Crippen LogP contribution in [-0.4, -0.2) is 29.9 Å². The van der Waals surface area contributed by atoms with Crippen molar-refractivity contribution in [3.05, 3.63) is 35.2 Å². The second-order valence-electron chi connectivity index (χ2n) is 3.13. The predicted molar refractivity (Wildman–Crippen MR) is 49.1 cm³/mol. The number of rotatable bonds is 2. The lowest BCUT2D eigenvalue weighted by Crippen LogP contribution is -2.58. The van der Waals surface area contributed by atoms with Crippen molar-refractivity contribution in [2.75, 3.05) is 13.2 Å². The summed E-state index contributed by atoms with van der Waals surface area (Å²) in [5.74, 6) is 0. The van der Waals surface area contributed by atoms with Gasteiger partial charge in [-0.25, -0.2) is 0 Å². The van der Waals surface area contributed by atoms with Crippen molar-refractivity contribution in [1.82, 2.24) is 0 Å². The Hall–Kier alpha value is -1.40. The minimum Gasteiger partial charge on any atom is -0.494 e. The summed E-state index contributed by atoms with van der Waals surface area (Å²) in [5.41, 5.74) is 0.544. The van der Waals surface area contributed by atoms with Gasteiger partial charge in [-0.1, -0.05) is 35.8 Å². The minimum absolute atomic E-state index is 0.234. The first-order valence-corrected chi connectivity index (χ1v) is 4.39. The Bertz CT molecular complexity index is 336. The maximum Gasteiger partial charge on any atom is 0.673 e. The van der Waals surface area contributed by atoms with E-state index in [2.05, 4.69) is 0 Å². The van der Waals surface area contributed by atoms with Crippen LogP contribution in [0.25, 0.3) is 0 Å². The topological polar surface area (TPSA) is 58.8 Å². The highest BCUT2D eigenvalue weighted by atomic mass is 16.7. The van der Waals surface area contributed by atoms with Crippen molar-refractivity contribution in [3.8, 4) is 0 Å². The lowest BCUT2D eigenvalue weighted by molar-refractivity contribution is -0.713. The third-order valence-electron chi connectivity index (χ3n) is 2.28. The van der Waals surface area contributed by atoms with Crippen molar-refractivity contribution in [3.63, 3.8) is 0 Å². The summed E-state index contributed by atoms with van der Waals surface area (Å²) in [6, 6.07) is 8.70. The van der Waals surface area contributed by atoms with E-state index in [1.807, 2.05) is 6.07 Å². The van der Waals surface area contributed by atoms with Crippen LogP contribution in [0.5, 0.6) is 0 Å². The van der Waals surface area contributed by atoms with Crippen LogP contribution in [0.4, 0.5) is 0 Å². The van der Waals surface area contributed by atoms with Gasteiger partial charge < -0.3 is 9.31 Å². The molecule has 0 radical (unpaired) electrons. The maximum absolute atomic E-state index is 11.0. The van der Waals surface area contributed by atoms with Gasteiger partial charge in [0.15, 0.2) is 0 Å². The lowest BCUT2D eigenvalue weighted by atomic mass is 9.65. The average Bonchev–Trinajstić information content (AvgIpc) is 2.69. The second-order valence-corrected chi connectivity index (χ2v) is 3.13. The molecule has 0 aromatic heterocycles. The molecule has 1 heterocycles. The van der Waals surface area contributed by atoms with Gasteiger partial charge in [-0.2, -0.15) is 0 Å². The van der Waals surface area contributed by atoms with E-state index in [4.69, 9.17) is 14.5 Å². The zero-order valence-corrected chi connectivity index (χ0v) is 7.50. The molecule has 2 rings (SSSR count). The Labute approximate surface area is 80.8 Å². The molecule has 5 nitrogen and oxygen atoms in total. The molecule has 0 bridgehead atoms. The molecule has 14 heavy (non-hydrogen) atoms. The van der Waals surface area contributed by atoms with E-state index in [1.54, 1.807) is 24.3 Å². The van der Waals surface area contributed by atoms with Gasteiger partial charge in [0.2, 0.25) is 0 Å². The quantitative estimate of drug-likeness (QED) is 0.534. The highest BCUT2D eigenvalue weighted by Gasteiger charge is 2.54. The fourth-order valence-electron chi connectivity index (χ4n) is 1.61. The van der Waals surface area contributed by atoms with E-state index >= 15 is 0 Å². The van der Waals surface area contributed by atoms with Crippen LogP contribution >= 0.6 is 0 Å². The smallest absolute Gasteiger partial charge is 0.494 e. The third-order valence-corrected chi connectivity index (χ3v) is 2.28. The summed E-state index contributed by atoms with van der Waals surface area (Å²) in [4.78, 5) is 10.8. The van der Waals surface area contributed by atoms with Crippen molar-refractivity contribution < 1.29 is 19.4 Å². The van der Waals surface area contributed by atoms with Crippen molar-refractivity contribution >= 4 is 12.1 Å². The van der Waals surface area contributed by atoms with Crippen molar-refractivity contribution in [2.24, 2.45) is 0 Å². The van der Waals surface area contributed by atoms with E-state index in [1.165, 1.54) is 0 Å². The Kier molecular flexibility index (Phi) is 2.22. The van der Waals surface area contributed by atoms with Crippen LogP contribution in [0, 0.1) is 4.91 Å². The monoisotopic (exact) mass is 195 g/mol. The summed E-state index contributed by atoms with van der Waals surface area (Å²) in [6.45, 7) is -1.76. The molecule has 1 aliphatic rings. The number of benzene rings is 1. The molecule has 6 heteroatoms. The number of hydrogen-bond donors (Lipinski definition) is 1. The standard InChI is InChI=1S/C8H10BNO4/c11-10(12)9(13-6-7-14-9)8-4-2-1-3-5-8/h1-5H,6-7H2,(H,11,12). The first-order chi connectivity index (χ1) is 6.76. The summed E-state index contributed by atoms with van der Waals surface area (Å²) >= 11 is 0. The Morgan fingerprint density at radius 3 is 2.29 bits per heavy atom. The zero-order chi connectivity index (χ0) is 10.0. The molecular weight excluding hydrogens is 185 g/mol. The molecule has 0 spiro atoms. The van der Waals surface area contributed by atoms with Gasteiger partial charge >= 0.3 is 6.69 Å². The Morgan fingerprint density at radius 2 is 1.79 bits per heavy atom. The van der Waals surface area contributed by atoms with Crippen LogP contribution < -0.4 is 5.46 Å². The molecule has 74 valence electrons.